The number of aromatic nitrogens is 2. The van der Waals surface area contributed by atoms with Crippen LogP contribution in [0.1, 0.15) is 5.82 Å². The highest BCUT2D eigenvalue weighted by atomic mass is 79.9. The van der Waals surface area contributed by atoms with E-state index in [0.717, 1.165) is 27.0 Å². The number of rotatable bonds is 3. The fourth-order valence-corrected chi connectivity index (χ4v) is 3.59. The molecule has 2 aromatic carbocycles. The van der Waals surface area contributed by atoms with Crippen LogP contribution in [0.3, 0.4) is 0 Å². The molecule has 0 unspecified atom stereocenters. The number of fused-ring (bicyclic) bond motifs is 1. The quantitative estimate of drug-likeness (QED) is 0.499. The summed E-state index contributed by atoms with van der Waals surface area (Å²) in [6, 6.07) is 11.3. The Hall–Kier alpha value is -0.740. The van der Waals surface area contributed by atoms with Crippen LogP contribution in [0.5, 0.6) is 0 Å². The van der Waals surface area contributed by atoms with E-state index in [1.54, 1.807) is 0 Å². The minimum absolute atomic E-state index is 0.492. The van der Waals surface area contributed by atoms with Crippen molar-refractivity contribution in [3.8, 4) is 5.69 Å². The standard InChI is InChI=1S/C15H10BrCl3N2/c16-10-8-9(18)4-5-13(10)21-14(6-7-17)20-12-3-1-2-11(19)15(12)21/h1-5,8H,6-7H2. The molecular weight excluding hydrogens is 394 g/mol. The summed E-state index contributed by atoms with van der Waals surface area (Å²) in [6.45, 7) is 0. The van der Waals surface area contributed by atoms with Gasteiger partial charge in [0.2, 0.25) is 0 Å². The van der Waals surface area contributed by atoms with E-state index < -0.39 is 0 Å². The Bertz CT molecular complexity index is 814. The molecule has 0 saturated heterocycles. The summed E-state index contributed by atoms with van der Waals surface area (Å²) in [5, 5.41) is 1.32. The average molecular weight is 405 g/mol. The molecule has 0 fully saturated rings. The summed E-state index contributed by atoms with van der Waals surface area (Å²) < 4.78 is 2.91. The van der Waals surface area contributed by atoms with E-state index in [2.05, 4.69) is 20.9 Å². The summed E-state index contributed by atoms with van der Waals surface area (Å²) in [5.74, 6) is 1.36. The number of hydrogen-bond acceptors (Lipinski definition) is 1. The largest absolute Gasteiger partial charge is 0.294 e. The number of hydrogen-bond donors (Lipinski definition) is 0. The van der Waals surface area contributed by atoms with Crippen molar-refractivity contribution < 1.29 is 0 Å². The molecule has 3 aromatic rings. The zero-order chi connectivity index (χ0) is 15.0. The Labute approximate surface area is 145 Å². The first-order chi connectivity index (χ1) is 10.1. The SMILES string of the molecule is ClCCc1nc2cccc(Cl)c2n1-c1ccc(Cl)cc1Br. The molecule has 1 heterocycles. The van der Waals surface area contributed by atoms with Gasteiger partial charge in [-0.05, 0) is 46.3 Å². The molecule has 0 aliphatic heterocycles. The van der Waals surface area contributed by atoms with Crippen LogP contribution < -0.4 is 0 Å². The molecule has 0 saturated carbocycles. The van der Waals surface area contributed by atoms with Crippen LogP contribution in [0.25, 0.3) is 16.7 Å². The number of aryl methyl sites for hydroxylation is 1. The molecule has 3 rings (SSSR count). The van der Waals surface area contributed by atoms with Gasteiger partial charge in [-0.3, -0.25) is 4.57 Å². The van der Waals surface area contributed by atoms with Crippen molar-refractivity contribution in [2.24, 2.45) is 0 Å². The van der Waals surface area contributed by atoms with Gasteiger partial charge in [0.05, 0.1) is 21.7 Å². The van der Waals surface area contributed by atoms with Crippen molar-refractivity contribution in [1.29, 1.82) is 0 Å². The highest BCUT2D eigenvalue weighted by Gasteiger charge is 2.16. The van der Waals surface area contributed by atoms with E-state index in [-0.39, 0.29) is 0 Å². The lowest BCUT2D eigenvalue weighted by atomic mass is 10.2. The number of halogens is 4. The molecular formula is C15H10BrCl3N2. The number of nitrogens with zero attached hydrogens (tertiary/aromatic N) is 2. The highest BCUT2D eigenvalue weighted by Crippen LogP contribution is 2.32. The van der Waals surface area contributed by atoms with Crippen LogP contribution in [0.15, 0.2) is 40.9 Å². The van der Waals surface area contributed by atoms with E-state index >= 15 is 0 Å². The molecule has 0 amide bonds. The fraction of sp³-hybridized carbons (Fsp3) is 0.133. The van der Waals surface area contributed by atoms with Gasteiger partial charge in [-0.15, -0.1) is 11.6 Å². The molecule has 0 bridgehead atoms. The molecule has 0 N–H and O–H groups in total. The number of benzene rings is 2. The third kappa shape index (κ3) is 2.80. The van der Waals surface area contributed by atoms with E-state index in [1.165, 1.54) is 0 Å². The second-order valence-corrected chi connectivity index (χ2v) is 6.58. The zero-order valence-corrected chi connectivity index (χ0v) is 14.6. The molecule has 1 aromatic heterocycles. The predicted octanol–water partition coefficient (Wildman–Crippen LogP) is 5.88. The summed E-state index contributed by atoms with van der Waals surface area (Å²) >= 11 is 21.9. The number of para-hydroxylation sites is 1. The van der Waals surface area contributed by atoms with E-state index in [4.69, 9.17) is 34.8 Å². The van der Waals surface area contributed by atoms with Crippen LogP contribution in [-0.2, 0) is 6.42 Å². The first kappa shape index (κ1) is 15.2. The average Bonchev–Trinajstić information content (AvgIpc) is 2.79. The van der Waals surface area contributed by atoms with Gasteiger partial charge in [-0.1, -0.05) is 29.3 Å². The lowest BCUT2D eigenvalue weighted by Gasteiger charge is -2.12. The van der Waals surface area contributed by atoms with Gasteiger partial charge in [0, 0.05) is 21.8 Å². The first-order valence-electron chi connectivity index (χ1n) is 6.29. The second-order valence-electron chi connectivity index (χ2n) is 4.51. The van der Waals surface area contributed by atoms with Crippen LogP contribution >= 0.6 is 50.7 Å². The monoisotopic (exact) mass is 402 g/mol. The lowest BCUT2D eigenvalue weighted by Crippen LogP contribution is -2.03. The lowest BCUT2D eigenvalue weighted by molar-refractivity contribution is 0.909. The maximum Gasteiger partial charge on any atom is 0.115 e. The van der Waals surface area contributed by atoms with Gasteiger partial charge in [0.1, 0.15) is 5.82 Å². The highest BCUT2D eigenvalue weighted by molar-refractivity contribution is 9.10. The number of imidazole rings is 1. The van der Waals surface area contributed by atoms with Crippen molar-refractivity contribution in [3.63, 3.8) is 0 Å². The number of alkyl halides is 1. The summed E-state index contributed by atoms with van der Waals surface area (Å²) in [7, 11) is 0. The molecule has 6 heteroatoms. The van der Waals surface area contributed by atoms with Gasteiger partial charge in [-0.2, -0.15) is 0 Å². The van der Waals surface area contributed by atoms with Gasteiger partial charge in [-0.25, -0.2) is 4.98 Å². The Kier molecular flexibility index (Phi) is 4.46. The van der Waals surface area contributed by atoms with E-state index in [1.807, 2.05) is 41.0 Å². The van der Waals surface area contributed by atoms with Crippen molar-refractivity contribution in [1.82, 2.24) is 9.55 Å². The van der Waals surface area contributed by atoms with Crippen LogP contribution in [0.4, 0.5) is 0 Å². The van der Waals surface area contributed by atoms with Crippen LogP contribution in [0.2, 0.25) is 10.0 Å². The van der Waals surface area contributed by atoms with Gasteiger partial charge < -0.3 is 0 Å². The van der Waals surface area contributed by atoms with Crippen molar-refractivity contribution >= 4 is 61.8 Å². The minimum Gasteiger partial charge on any atom is -0.294 e. The molecule has 21 heavy (non-hydrogen) atoms. The smallest absolute Gasteiger partial charge is 0.115 e. The molecule has 0 aliphatic rings. The maximum absolute atomic E-state index is 6.37. The van der Waals surface area contributed by atoms with Crippen LogP contribution in [0, 0.1) is 0 Å². The Morgan fingerprint density at radius 1 is 1.14 bits per heavy atom. The van der Waals surface area contributed by atoms with Gasteiger partial charge in [0.15, 0.2) is 0 Å². The van der Waals surface area contributed by atoms with E-state index in [0.29, 0.717) is 22.3 Å². The van der Waals surface area contributed by atoms with Crippen molar-refractivity contribution in [2.45, 2.75) is 6.42 Å². The maximum atomic E-state index is 6.37. The van der Waals surface area contributed by atoms with Gasteiger partial charge >= 0.3 is 0 Å². The molecule has 0 radical (unpaired) electrons. The van der Waals surface area contributed by atoms with Crippen molar-refractivity contribution in [3.05, 3.63) is 56.7 Å². The zero-order valence-electron chi connectivity index (χ0n) is 10.8. The Morgan fingerprint density at radius 2 is 1.95 bits per heavy atom. The third-order valence-electron chi connectivity index (χ3n) is 3.17. The molecule has 0 aliphatic carbocycles. The van der Waals surface area contributed by atoms with Crippen LogP contribution in [-0.4, -0.2) is 15.4 Å². The Morgan fingerprint density at radius 3 is 2.67 bits per heavy atom. The molecule has 2 nitrogen and oxygen atoms in total. The second kappa shape index (κ2) is 6.17. The molecule has 108 valence electrons. The Balaban J connectivity index is 2.35. The van der Waals surface area contributed by atoms with Gasteiger partial charge in [0.25, 0.3) is 0 Å². The topological polar surface area (TPSA) is 17.8 Å². The van der Waals surface area contributed by atoms with Crippen molar-refractivity contribution in [2.75, 3.05) is 5.88 Å². The van der Waals surface area contributed by atoms with E-state index in [9.17, 15) is 0 Å². The minimum atomic E-state index is 0.492. The first-order valence-corrected chi connectivity index (χ1v) is 8.37. The third-order valence-corrected chi connectivity index (χ3v) is 4.53. The molecule has 0 spiro atoms. The fourth-order valence-electron chi connectivity index (χ4n) is 2.31. The summed E-state index contributed by atoms with van der Waals surface area (Å²) in [4.78, 5) is 4.64. The summed E-state index contributed by atoms with van der Waals surface area (Å²) in [6.07, 6.45) is 0.654. The normalized spacial score (nSPS) is 11.2. The molecule has 0 atom stereocenters. The predicted molar refractivity (Wildman–Crippen MR) is 93.2 cm³/mol. The summed E-state index contributed by atoms with van der Waals surface area (Å²) in [5.41, 5.74) is 2.67.